The lowest BCUT2D eigenvalue weighted by Crippen LogP contribution is -2.21. The lowest BCUT2D eigenvalue weighted by Gasteiger charge is -2.16. The molecular weight excluding hydrogens is 497 g/mol. The van der Waals surface area contributed by atoms with Gasteiger partial charge in [-0.15, -0.1) is 0 Å². The van der Waals surface area contributed by atoms with E-state index in [9.17, 15) is 9.59 Å². The Morgan fingerprint density at radius 1 is 0.897 bits per heavy atom. The van der Waals surface area contributed by atoms with Crippen LogP contribution in [-0.4, -0.2) is 39.7 Å². The first-order valence-electron chi connectivity index (χ1n) is 13.0. The Labute approximate surface area is 227 Å². The first-order chi connectivity index (χ1) is 18.8. The van der Waals surface area contributed by atoms with Gasteiger partial charge in [0.15, 0.2) is 11.2 Å². The third-order valence-electron chi connectivity index (χ3n) is 6.35. The fourth-order valence-corrected chi connectivity index (χ4v) is 4.64. The van der Waals surface area contributed by atoms with Crippen LogP contribution in [0, 0.1) is 19.7 Å². The molecule has 0 unspecified atom stereocenters. The highest BCUT2D eigenvalue weighted by molar-refractivity contribution is 6.22. The number of aryl methyl sites for hydroxylation is 3. The van der Waals surface area contributed by atoms with Gasteiger partial charge in [-0.2, -0.15) is 0 Å². The Hall–Kier alpha value is -4.33. The number of benzene rings is 2. The van der Waals surface area contributed by atoms with Crippen molar-refractivity contribution < 1.29 is 23.5 Å². The molecule has 2 aromatic heterocycles. The molecular formula is C31H32FN3O4. The van der Waals surface area contributed by atoms with Crippen LogP contribution in [0.1, 0.15) is 54.5 Å². The average molecular weight is 530 g/mol. The van der Waals surface area contributed by atoms with Crippen LogP contribution in [0.5, 0.6) is 0 Å². The summed E-state index contributed by atoms with van der Waals surface area (Å²) in [6.07, 6.45) is 0.746. The zero-order valence-electron chi connectivity index (χ0n) is 22.9. The van der Waals surface area contributed by atoms with Crippen LogP contribution in [0.15, 0.2) is 60.2 Å². The number of hydrogen-bond donors (Lipinski definition) is 0. The first kappa shape index (κ1) is 27.7. The molecule has 0 fully saturated rings. The van der Waals surface area contributed by atoms with Crippen molar-refractivity contribution in [3.05, 3.63) is 99.8 Å². The third-order valence-corrected chi connectivity index (χ3v) is 6.35. The highest BCUT2D eigenvalue weighted by Crippen LogP contribution is 2.31. The summed E-state index contributed by atoms with van der Waals surface area (Å²) < 4.78 is 27.5. The van der Waals surface area contributed by atoms with E-state index in [0.29, 0.717) is 12.1 Å². The van der Waals surface area contributed by atoms with Gasteiger partial charge in [0.05, 0.1) is 19.8 Å². The number of esters is 2. The Morgan fingerprint density at radius 2 is 1.54 bits per heavy atom. The SMILES string of the molecule is CCOC(=O)C(C(=O)OCC)=C(c1ccc(Cn2c(CC)nc3c(C)cc(C)nc32)cc1)c1ccccc1F. The molecule has 202 valence electrons. The minimum absolute atomic E-state index is 0.0524. The third kappa shape index (κ3) is 5.74. The van der Waals surface area contributed by atoms with Crippen LogP contribution in [0.4, 0.5) is 4.39 Å². The number of ether oxygens (including phenoxy) is 2. The smallest absolute Gasteiger partial charge is 0.346 e. The Bertz CT molecular complexity index is 1530. The second-order valence-corrected chi connectivity index (χ2v) is 9.09. The predicted octanol–water partition coefficient (Wildman–Crippen LogP) is 5.73. The van der Waals surface area contributed by atoms with Gasteiger partial charge >= 0.3 is 11.9 Å². The number of aromatic nitrogens is 3. The Balaban J connectivity index is 1.83. The first-order valence-corrected chi connectivity index (χ1v) is 13.0. The molecule has 7 nitrogen and oxygen atoms in total. The van der Waals surface area contributed by atoms with Gasteiger partial charge in [0.25, 0.3) is 0 Å². The monoisotopic (exact) mass is 529 g/mol. The zero-order valence-corrected chi connectivity index (χ0v) is 22.9. The van der Waals surface area contributed by atoms with Gasteiger partial charge in [0.1, 0.15) is 17.2 Å². The number of fused-ring (bicyclic) bond motifs is 1. The highest BCUT2D eigenvalue weighted by Gasteiger charge is 2.29. The van der Waals surface area contributed by atoms with Gasteiger partial charge in [-0.3, -0.25) is 0 Å². The molecule has 0 aliphatic rings. The Kier molecular flexibility index (Phi) is 8.54. The molecule has 0 aliphatic heterocycles. The van der Waals surface area contributed by atoms with Crippen molar-refractivity contribution in [1.82, 2.24) is 14.5 Å². The number of nitrogens with zero attached hydrogens (tertiary/aromatic N) is 3. The summed E-state index contributed by atoms with van der Waals surface area (Å²) in [6, 6.07) is 15.3. The summed E-state index contributed by atoms with van der Waals surface area (Å²) >= 11 is 0. The molecule has 0 bridgehead atoms. The predicted molar refractivity (Wildman–Crippen MR) is 148 cm³/mol. The maximum absolute atomic E-state index is 15.1. The van der Waals surface area contributed by atoms with E-state index >= 15 is 4.39 Å². The second-order valence-electron chi connectivity index (χ2n) is 9.09. The number of carbonyl (C=O) groups excluding carboxylic acids is 2. The molecule has 39 heavy (non-hydrogen) atoms. The van der Waals surface area contributed by atoms with E-state index in [2.05, 4.69) is 11.5 Å². The quantitative estimate of drug-likeness (QED) is 0.119. The van der Waals surface area contributed by atoms with E-state index in [1.807, 2.05) is 32.0 Å². The maximum atomic E-state index is 15.1. The van der Waals surface area contributed by atoms with Gasteiger partial charge in [-0.25, -0.2) is 23.9 Å². The van der Waals surface area contributed by atoms with Crippen molar-refractivity contribution in [1.29, 1.82) is 0 Å². The number of pyridine rings is 1. The number of carbonyl (C=O) groups is 2. The van der Waals surface area contributed by atoms with E-state index in [1.54, 1.807) is 38.1 Å². The molecule has 4 rings (SSSR count). The topological polar surface area (TPSA) is 83.3 Å². The number of rotatable bonds is 9. The summed E-state index contributed by atoms with van der Waals surface area (Å²) in [5, 5.41) is 0. The van der Waals surface area contributed by atoms with E-state index in [0.717, 1.165) is 40.2 Å². The van der Waals surface area contributed by atoms with E-state index in [1.165, 1.54) is 12.1 Å². The lowest BCUT2D eigenvalue weighted by atomic mass is 9.91. The number of imidazole rings is 1. The molecule has 0 spiro atoms. The molecule has 0 atom stereocenters. The molecule has 2 aromatic carbocycles. The molecule has 4 aromatic rings. The molecule has 8 heteroatoms. The summed E-state index contributed by atoms with van der Waals surface area (Å²) in [7, 11) is 0. The second kappa shape index (κ2) is 12.0. The molecule has 0 aliphatic carbocycles. The lowest BCUT2D eigenvalue weighted by molar-refractivity contribution is -0.146. The molecule has 2 heterocycles. The molecule has 0 radical (unpaired) electrons. The van der Waals surface area contributed by atoms with Crippen molar-refractivity contribution in [2.24, 2.45) is 0 Å². The van der Waals surface area contributed by atoms with Crippen LogP contribution in [0.3, 0.4) is 0 Å². The Morgan fingerprint density at radius 3 is 2.13 bits per heavy atom. The standard InChI is InChI=1S/C31H32FN3O4/c1-6-25-34-28-19(4)17-20(5)33-29(28)35(25)18-21-13-15-22(16-14-21)26(23-11-9-10-12-24(23)32)27(30(36)38-7-2)31(37)39-8-3/h9-17H,6-8,18H2,1-5H3. The molecule has 0 N–H and O–H groups in total. The molecule has 0 saturated heterocycles. The van der Waals surface area contributed by atoms with E-state index in [-0.39, 0.29) is 29.9 Å². The fraction of sp³-hybridized carbons (Fsp3) is 0.290. The average Bonchev–Trinajstić information content (AvgIpc) is 3.26. The van der Waals surface area contributed by atoms with Crippen LogP contribution < -0.4 is 0 Å². The van der Waals surface area contributed by atoms with Crippen LogP contribution in [0.2, 0.25) is 0 Å². The number of halogens is 1. The van der Waals surface area contributed by atoms with Gasteiger partial charge < -0.3 is 14.0 Å². The van der Waals surface area contributed by atoms with E-state index < -0.39 is 17.8 Å². The molecule has 0 amide bonds. The summed E-state index contributed by atoms with van der Waals surface area (Å²) in [6.45, 7) is 9.96. The van der Waals surface area contributed by atoms with Crippen LogP contribution in [0.25, 0.3) is 16.7 Å². The normalized spacial score (nSPS) is 10.9. The van der Waals surface area contributed by atoms with Gasteiger partial charge in [0.2, 0.25) is 0 Å². The minimum atomic E-state index is -0.868. The van der Waals surface area contributed by atoms with Crippen molar-refractivity contribution >= 4 is 28.7 Å². The van der Waals surface area contributed by atoms with Gasteiger partial charge in [0, 0.05) is 23.3 Å². The van der Waals surface area contributed by atoms with Gasteiger partial charge in [-0.1, -0.05) is 49.4 Å². The fourth-order valence-electron chi connectivity index (χ4n) is 4.64. The summed E-state index contributed by atoms with van der Waals surface area (Å²) in [5.41, 5.74) is 5.01. The van der Waals surface area contributed by atoms with E-state index in [4.69, 9.17) is 19.4 Å². The van der Waals surface area contributed by atoms with Crippen molar-refractivity contribution in [2.75, 3.05) is 13.2 Å². The summed E-state index contributed by atoms with van der Waals surface area (Å²) in [4.78, 5) is 35.5. The molecule has 0 saturated carbocycles. The number of hydrogen-bond acceptors (Lipinski definition) is 6. The van der Waals surface area contributed by atoms with Crippen LogP contribution >= 0.6 is 0 Å². The van der Waals surface area contributed by atoms with Gasteiger partial charge in [-0.05, 0) is 56.5 Å². The minimum Gasteiger partial charge on any atom is -0.462 e. The zero-order chi connectivity index (χ0) is 28.1. The highest BCUT2D eigenvalue weighted by atomic mass is 19.1. The van der Waals surface area contributed by atoms with Crippen molar-refractivity contribution in [2.45, 2.75) is 47.6 Å². The van der Waals surface area contributed by atoms with Crippen molar-refractivity contribution in [3.8, 4) is 0 Å². The van der Waals surface area contributed by atoms with Crippen LogP contribution in [-0.2, 0) is 32.0 Å². The summed E-state index contributed by atoms with van der Waals surface area (Å²) in [5.74, 6) is -1.38. The maximum Gasteiger partial charge on any atom is 0.346 e. The largest absolute Gasteiger partial charge is 0.462 e. The van der Waals surface area contributed by atoms with Crippen molar-refractivity contribution in [3.63, 3.8) is 0 Å².